The molecule has 0 atom stereocenters. The molecule has 0 spiro atoms. The number of nitrogens with one attached hydrogen (secondary N) is 2. The average Bonchev–Trinajstić information content (AvgIpc) is 3.21. The quantitative estimate of drug-likeness (QED) is 0.180. The molecule has 0 unspecified atom stereocenters. The van der Waals surface area contributed by atoms with Gasteiger partial charge in [-0.3, -0.25) is 0 Å². The van der Waals surface area contributed by atoms with Crippen LogP contribution < -0.4 is 10.6 Å². The first-order chi connectivity index (χ1) is 18.2. The highest BCUT2D eigenvalue weighted by Gasteiger charge is 2.11. The second-order valence-corrected chi connectivity index (χ2v) is 9.47. The van der Waals surface area contributed by atoms with Crippen molar-refractivity contribution in [2.24, 2.45) is 0 Å². The summed E-state index contributed by atoms with van der Waals surface area (Å²) in [4.78, 5) is 0. The molecule has 0 aliphatic heterocycles. The Morgan fingerprint density at radius 2 is 1.74 bits per heavy atom. The van der Waals surface area contributed by atoms with E-state index in [0.29, 0.717) is 18.5 Å². The van der Waals surface area contributed by atoms with Crippen molar-refractivity contribution >= 4 is 17.1 Å². The summed E-state index contributed by atoms with van der Waals surface area (Å²) in [6.07, 6.45) is 4.33. The number of anilines is 1. The van der Waals surface area contributed by atoms with Crippen LogP contribution in [0, 0.1) is 20.8 Å². The van der Waals surface area contributed by atoms with E-state index in [2.05, 4.69) is 67.0 Å². The molecular weight excluding hydrogens is 472 g/mol. The Kier molecular flexibility index (Phi) is 8.02. The standard InChI is InChI=1S/C32H34N4O2/c1-21-9-6-7-12-30(21)22(2)15-32(36-25(5)23(3)19-34-36)33-20-26-10-8-11-28(17-26)35-24(4)16-27-13-14-29(37)18-31(27)38/h6-15,17-19,33,35,37-38H,2,4,16,20H2,1,3,5H3/b32-15-. The first-order valence-corrected chi connectivity index (χ1v) is 12.5. The molecule has 1 aromatic heterocycles. The SMILES string of the molecule is C=C(Cc1ccc(O)cc1O)Nc1cccc(CN/C(=C/C(=C)c2ccccc2C)n2ncc(C)c2C)c1. The average molecular weight is 507 g/mol. The predicted octanol–water partition coefficient (Wildman–Crippen LogP) is 6.69. The van der Waals surface area contributed by atoms with Gasteiger partial charge in [-0.15, -0.1) is 0 Å². The largest absolute Gasteiger partial charge is 0.508 e. The maximum absolute atomic E-state index is 10.1. The van der Waals surface area contributed by atoms with Gasteiger partial charge in [0.05, 0.1) is 6.20 Å². The second-order valence-electron chi connectivity index (χ2n) is 9.47. The van der Waals surface area contributed by atoms with Gasteiger partial charge >= 0.3 is 0 Å². The molecule has 0 aliphatic rings. The van der Waals surface area contributed by atoms with Crippen LogP contribution in [0.15, 0.2) is 97.9 Å². The van der Waals surface area contributed by atoms with E-state index < -0.39 is 0 Å². The number of nitrogens with zero attached hydrogens (tertiary/aromatic N) is 2. The number of allylic oxidation sites excluding steroid dienone is 3. The molecule has 194 valence electrons. The van der Waals surface area contributed by atoms with E-state index in [4.69, 9.17) is 0 Å². The molecular formula is C32H34N4O2. The van der Waals surface area contributed by atoms with Crippen molar-refractivity contribution in [3.8, 4) is 11.5 Å². The van der Waals surface area contributed by atoms with E-state index in [1.54, 1.807) is 12.1 Å². The predicted molar refractivity (Wildman–Crippen MR) is 156 cm³/mol. The lowest BCUT2D eigenvalue weighted by Crippen LogP contribution is -2.19. The summed E-state index contributed by atoms with van der Waals surface area (Å²) in [7, 11) is 0. The number of phenolic OH excluding ortho intramolecular Hbond substituents is 2. The van der Waals surface area contributed by atoms with Crippen molar-refractivity contribution in [1.29, 1.82) is 0 Å². The van der Waals surface area contributed by atoms with Crippen LogP contribution in [0.25, 0.3) is 11.4 Å². The molecule has 0 radical (unpaired) electrons. The van der Waals surface area contributed by atoms with Crippen LogP contribution in [0.2, 0.25) is 0 Å². The second kappa shape index (κ2) is 11.6. The first-order valence-electron chi connectivity index (χ1n) is 12.5. The molecule has 0 saturated carbocycles. The topological polar surface area (TPSA) is 82.3 Å². The summed E-state index contributed by atoms with van der Waals surface area (Å²) >= 11 is 0. The lowest BCUT2D eigenvalue weighted by atomic mass is 10.0. The third-order valence-electron chi connectivity index (χ3n) is 6.48. The number of benzene rings is 3. The summed E-state index contributed by atoms with van der Waals surface area (Å²) < 4.78 is 1.91. The molecule has 6 heteroatoms. The smallest absolute Gasteiger partial charge is 0.128 e. The van der Waals surface area contributed by atoms with Crippen molar-refractivity contribution in [2.45, 2.75) is 33.7 Å². The molecule has 4 rings (SSSR count). The highest BCUT2D eigenvalue weighted by molar-refractivity contribution is 5.79. The van der Waals surface area contributed by atoms with Crippen molar-refractivity contribution in [3.63, 3.8) is 0 Å². The Morgan fingerprint density at radius 3 is 2.45 bits per heavy atom. The van der Waals surface area contributed by atoms with E-state index >= 15 is 0 Å². The van der Waals surface area contributed by atoms with Gasteiger partial charge in [0, 0.05) is 36.1 Å². The Labute approximate surface area is 224 Å². The van der Waals surface area contributed by atoms with Gasteiger partial charge in [0.2, 0.25) is 0 Å². The van der Waals surface area contributed by atoms with E-state index in [0.717, 1.165) is 45.2 Å². The van der Waals surface area contributed by atoms with E-state index in [-0.39, 0.29) is 11.5 Å². The van der Waals surface area contributed by atoms with Crippen LogP contribution in [-0.2, 0) is 13.0 Å². The van der Waals surface area contributed by atoms with Crippen molar-refractivity contribution in [3.05, 3.63) is 131 Å². The van der Waals surface area contributed by atoms with E-state index in [9.17, 15) is 10.2 Å². The Morgan fingerprint density at radius 1 is 0.947 bits per heavy atom. The minimum absolute atomic E-state index is 0.0291. The molecule has 3 aromatic carbocycles. The van der Waals surface area contributed by atoms with Gasteiger partial charge in [-0.05, 0) is 78.4 Å². The number of aromatic nitrogens is 2. The van der Waals surface area contributed by atoms with Crippen molar-refractivity contribution in [2.75, 3.05) is 5.32 Å². The number of hydrogen-bond acceptors (Lipinski definition) is 5. The normalized spacial score (nSPS) is 11.3. The maximum Gasteiger partial charge on any atom is 0.128 e. The molecule has 38 heavy (non-hydrogen) atoms. The van der Waals surface area contributed by atoms with Gasteiger partial charge < -0.3 is 20.8 Å². The van der Waals surface area contributed by atoms with Crippen LogP contribution in [0.3, 0.4) is 0 Å². The number of aryl methyl sites for hydroxylation is 2. The lowest BCUT2D eigenvalue weighted by Gasteiger charge is -2.16. The van der Waals surface area contributed by atoms with Gasteiger partial charge in [-0.2, -0.15) is 5.10 Å². The summed E-state index contributed by atoms with van der Waals surface area (Å²) in [6.45, 7) is 15.2. The summed E-state index contributed by atoms with van der Waals surface area (Å²) in [6, 6.07) is 20.9. The van der Waals surface area contributed by atoms with Gasteiger partial charge in [-0.25, -0.2) is 4.68 Å². The summed E-state index contributed by atoms with van der Waals surface area (Å²) in [5.74, 6) is 0.914. The third kappa shape index (κ3) is 6.34. The highest BCUT2D eigenvalue weighted by Crippen LogP contribution is 2.25. The van der Waals surface area contributed by atoms with E-state index in [1.807, 2.05) is 48.1 Å². The van der Waals surface area contributed by atoms with Gasteiger partial charge in [0.1, 0.15) is 17.3 Å². The van der Waals surface area contributed by atoms with Crippen LogP contribution in [0.5, 0.6) is 11.5 Å². The van der Waals surface area contributed by atoms with Gasteiger partial charge in [0.25, 0.3) is 0 Å². The molecule has 6 nitrogen and oxygen atoms in total. The van der Waals surface area contributed by atoms with Crippen LogP contribution in [-0.4, -0.2) is 20.0 Å². The maximum atomic E-state index is 10.1. The fourth-order valence-electron chi connectivity index (χ4n) is 4.23. The zero-order valence-corrected chi connectivity index (χ0v) is 22.1. The number of rotatable bonds is 10. The van der Waals surface area contributed by atoms with Crippen LogP contribution in [0.1, 0.15) is 33.5 Å². The lowest BCUT2D eigenvalue weighted by molar-refractivity contribution is 0.447. The van der Waals surface area contributed by atoms with Crippen molar-refractivity contribution < 1.29 is 10.2 Å². The molecule has 4 aromatic rings. The minimum Gasteiger partial charge on any atom is -0.508 e. The fourth-order valence-corrected chi connectivity index (χ4v) is 4.23. The Hall–Kier alpha value is -4.71. The zero-order valence-electron chi connectivity index (χ0n) is 22.1. The summed E-state index contributed by atoms with van der Waals surface area (Å²) in [5, 5.41) is 31.1. The molecule has 1 heterocycles. The minimum atomic E-state index is 0.0291. The molecule has 0 aliphatic carbocycles. The third-order valence-corrected chi connectivity index (χ3v) is 6.48. The number of aromatic hydroxyl groups is 2. The van der Waals surface area contributed by atoms with Crippen LogP contribution in [0.4, 0.5) is 5.69 Å². The fraction of sp³-hybridized carbons (Fsp3) is 0.156. The highest BCUT2D eigenvalue weighted by atomic mass is 16.3. The van der Waals surface area contributed by atoms with E-state index in [1.165, 1.54) is 11.6 Å². The monoisotopic (exact) mass is 506 g/mol. The molecule has 0 amide bonds. The molecule has 0 fully saturated rings. The molecule has 0 bridgehead atoms. The molecule has 4 N–H and O–H groups in total. The van der Waals surface area contributed by atoms with Gasteiger partial charge in [0.15, 0.2) is 0 Å². The van der Waals surface area contributed by atoms with Gasteiger partial charge in [-0.1, -0.05) is 55.6 Å². The van der Waals surface area contributed by atoms with Crippen molar-refractivity contribution in [1.82, 2.24) is 15.1 Å². The number of hydrogen-bond donors (Lipinski definition) is 4. The summed E-state index contributed by atoms with van der Waals surface area (Å²) in [5.41, 5.74) is 8.73. The Balaban J connectivity index is 1.50. The molecule has 0 saturated heterocycles. The van der Waals surface area contributed by atoms with Crippen LogP contribution >= 0.6 is 0 Å². The zero-order chi connectivity index (χ0) is 27.2. The Bertz CT molecular complexity index is 1510. The first kappa shape index (κ1) is 26.4. The number of phenols is 2.